The van der Waals surface area contributed by atoms with Crippen molar-refractivity contribution in [2.75, 3.05) is 38.7 Å². The molecule has 2 saturated heterocycles. The minimum absolute atomic E-state index is 0.00800. The number of methoxy groups -OCH3 is 1. The second-order valence-corrected chi connectivity index (χ2v) is 9.68. The summed E-state index contributed by atoms with van der Waals surface area (Å²) in [6.45, 7) is 0.298. The predicted octanol–water partition coefficient (Wildman–Crippen LogP) is 4.24. The van der Waals surface area contributed by atoms with E-state index in [0.717, 1.165) is 11.3 Å². The quantitative estimate of drug-likeness (QED) is 0.366. The molecule has 216 valence electrons. The summed E-state index contributed by atoms with van der Waals surface area (Å²) in [4.78, 5) is 41.0. The molecule has 0 bridgehead atoms. The van der Waals surface area contributed by atoms with Gasteiger partial charge in [0.05, 0.1) is 34.7 Å². The molecule has 2 heterocycles. The van der Waals surface area contributed by atoms with Crippen molar-refractivity contribution in [3.05, 3.63) is 67.8 Å². The van der Waals surface area contributed by atoms with Gasteiger partial charge in [0, 0.05) is 44.7 Å². The molecule has 0 saturated carbocycles. The number of hydroxylamine groups is 2. The molecular formula is C25H28F3N5O7. The summed E-state index contributed by atoms with van der Waals surface area (Å²) in [6.07, 6.45) is -4.20. The minimum Gasteiger partial charge on any atom is -0.497 e. The lowest BCUT2D eigenvalue weighted by Gasteiger charge is -2.32. The first-order valence-corrected chi connectivity index (χ1v) is 12.5. The largest absolute Gasteiger partial charge is 0.497 e. The van der Waals surface area contributed by atoms with E-state index in [1.54, 1.807) is 12.2 Å². The van der Waals surface area contributed by atoms with Crippen LogP contribution < -0.4 is 15.0 Å². The Morgan fingerprint density at radius 2 is 1.68 bits per heavy atom. The first-order valence-electron chi connectivity index (χ1n) is 12.5. The smallest absolute Gasteiger partial charge is 0.416 e. The van der Waals surface area contributed by atoms with Crippen LogP contribution in [0.1, 0.15) is 36.4 Å². The highest BCUT2D eigenvalue weighted by Crippen LogP contribution is 2.44. The lowest BCUT2D eigenvalue weighted by molar-refractivity contribution is -0.393. The van der Waals surface area contributed by atoms with Crippen LogP contribution >= 0.6 is 0 Å². The number of nitro benzene ring substituents is 2. The number of amides is 1. The highest BCUT2D eigenvalue weighted by atomic mass is 19.4. The number of carbonyl (C=O) groups excluding carboxylic acids is 1. The van der Waals surface area contributed by atoms with E-state index in [1.807, 2.05) is 31.3 Å². The third kappa shape index (κ3) is 6.25. The van der Waals surface area contributed by atoms with Gasteiger partial charge < -0.3 is 15.0 Å². The fourth-order valence-electron chi connectivity index (χ4n) is 5.14. The molecule has 1 amide bonds. The van der Waals surface area contributed by atoms with Crippen molar-refractivity contribution in [1.82, 2.24) is 10.4 Å². The number of alkyl halides is 3. The minimum atomic E-state index is -4.99. The molecule has 2 aromatic carbocycles. The topological polar surface area (TPSA) is 140 Å². The van der Waals surface area contributed by atoms with Gasteiger partial charge in [0.25, 0.3) is 11.4 Å². The number of ether oxygens (including phenoxy) is 1. The number of halogens is 3. The van der Waals surface area contributed by atoms with Crippen LogP contribution in [0.5, 0.6) is 5.75 Å². The summed E-state index contributed by atoms with van der Waals surface area (Å²) >= 11 is 0. The highest BCUT2D eigenvalue weighted by Gasteiger charge is 2.40. The molecule has 1 N–H and O–H groups in total. The van der Waals surface area contributed by atoms with Crippen molar-refractivity contribution in [2.24, 2.45) is 5.92 Å². The Labute approximate surface area is 226 Å². The van der Waals surface area contributed by atoms with Crippen LogP contribution in [0.15, 0.2) is 36.4 Å². The third-order valence-corrected chi connectivity index (χ3v) is 7.22. The average Bonchev–Trinajstić information content (AvgIpc) is 3.30. The summed E-state index contributed by atoms with van der Waals surface area (Å²) < 4.78 is 44.8. The van der Waals surface area contributed by atoms with E-state index in [0.29, 0.717) is 18.6 Å². The van der Waals surface area contributed by atoms with Crippen molar-refractivity contribution >= 4 is 23.0 Å². The number of carbonyl (C=O) groups is 1. The standard InChI is InChI=1S/C25H28F3N5O7/c1-30-20(15-3-5-18(39-2)6-4-15)13-19(40-30)14-29-24(34)16-7-9-31(10-8-16)23-21(32(35)36)11-17(25(26,27)28)12-22(23)33(37)38/h3-6,11-12,16,19-20H,7-10,13-14H2,1-2H3,(H,29,34)/t19-,20+/m1/s1. The Bertz CT molecular complexity index is 1230. The normalized spacial score (nSPS) is 20.4. The number of anilines is 1. The number of hydrogen-bond acceptors (Lipinski definition) is 9. The predicted molar refractivity (Wildman–Crippen MR) is 136 cm³/mol. The van der Waals surface area contributed by atoms with Gasteiger partial charge in [-0.1, -0.05) is 12.1 Å². The Morgan fingerprint density at radius 3 is 2.17 bits per heavy atom. The van der Waals surface area contributed by atoms with Crippen LogP contribution in [0.4, 0.5) is 30.2 Å². The van der Waals surface area contributed by atoms with E-state index in [-0.39, 0.29) is 50.5 Å². The maximum atomic E-state index is 13.2. The van der Waals surface area contributed by atoms with E-state index >= 15 is 0 Å². The van der Waals surface area contributed by atoms with Crippen LogP contribution in [0.2, 0.25) is 0 Å². The molecule has 0 spiro atoms. The number of benzene rings is 2. The number of nitro groups is 2. The van der Waals surface area contributed by atoms with E-state index in [4.69, 9.17) is 9.57 Å². The molecule has 2 aliphatic heterocycles. The monoisotopic (exact) mass is 567 g/mol. The number of piperidine rings is 1. The summed E-state index contributed by atoms with van der Waals surface area (Å²) in [5.41, 5.74) is -2.93. The molecular weight excluding hydrogens is 539 g/mol. The molecule has 2 fully saturated rings. The Kier molecular flexibility index (Phi) is 8.44. The van der Waals surface area contributed by atoms with Crippen molar-refractivity contribution in [1.29, 1.82) is 0 Å². The molecule has 4 rings (SSSR count). The van der Waals surface area contributed by atoms with Gasteiger partial charge in [-0.15, -0.1) is 0 Å². The summed E-state index contributed by atoms with van der Waals surface area (Å²) in [5, 5.41) is 27.8. The van der Waals surface area contributed by atoms with Crippen LogP contribution in [0.3, 0.4) is 0 Å². The van der Waals surface area contributed by atoms with Crippen LogP contribution in [-0.2, 0) is 15.8 Å². The van der Waals surface area contributed by atoms with Gasteiger partial charge in [-0.2, -0.15) is 18.2 Å². The van der Waals surface area contributed by atoms with Gasteiger partial charge in [0.15, 0.2) is 5.69 Å². The van der Waals surface area contributed by atoms with Gasteiger partial charge >= 0.3 is 6.18 Å². The third-order valence-electron chi connectivity index (χ3n) is 7.22. The Morgan fingerprint density at radius 1 is 1.10 bits per heavy atom. The zero-order valence-electron chi connectivity index (χ0n) is 21.7. The molecule has 0 aromatic heterocycles. The Balaban J connectivity index is 1.37. The summed E-state index contributed by atoms with van der Waals surface area (Å²) in [7, 11) is 3.40. The zero-order chi connectivity index (χ0) is 29.2. The Hall–Kier alpha value is -3.98. The maximum Gasteiger partial charge on any atom is 0.416 e. The zero-order valence-corrected chi connectivity index (χ0v) is 21.7. The molecule has 0 unspecified atom stereocenters. The van der Waals surface area contributed by atoms with Crippen LogP contribution in [0, 0.1) is 26.1 Å². The number of hydrogen-bond donors (Lipinski definition) is 1. The molecule has 0 radical (unpaired) electrons. The van der Waals surface area contributed by atoms with Crippen LogP contribution in [0.25, 0.3) is 0 Å². The van der Waals surface area contributed by atoms with Gasteiger partial charge in [0.1, 0.15) is 5.75 Å². The summed E-state index contributed by atoms with van der Waals surface area (Å²) in [6, 6.07) is 8.22. The van der Waals surface area contributed by atoms with E-state index in [1.165, 1.54) is 4.90 Å². The molecule has 2 aromatic rings. The van der Waals surface area contributed by atoms with E-state index in [9.17, 15) is 38.2 Å². The maximum absolute atomic E-state index is 13.2. The van der Waals surface area contributed by atoms with Gasteiger partial charge in [-0.05, 0) is 37.0 Å². The SMILES string of the molecule is COc1ccc([C@@H]2C[C@H](CNC(=O)C3CCN(c4c([N+](=O)[O-])cc(C(F)(F)F)cc4[N+](=O)[O-])CC3)ON2C)cc1. The molecule has 2 aliphatic rings. The number of nitrogens with zero attached hydrogens (tertiary/aromatic N) is 4. The first kappa shape index (κ1) is 29.0. The second kappa shape index (κ2) is 11.6. The van der Waals surface area contributed by atoms with Crippen molar-refractivity contribution in [3.63, 3.8) is 0 Å². The highest BCUT2D eigenvalue weighted by molar-refractivity contribution is 5.80. The van der Waals surface area contributed by atoms with Crippen LogP contribution in [-0.4, -0.2) is 60.7 Å². The number of rotatable bonds is 8. The van der Waals surface area contributed by atoms with Crippen molar-refractivity contribution in [2.45, 2.75) is 37.6 Å². The van der Waals surface area contributed by atoms with Crippen molar-refractivity contribution < 1.29 is 37.4 Å². The second-order valence-electron chi connectivity index (χ2n) is 9.68. The lowest BCUT2D eigenvalue weighted by atomic mass is 9.94. The summed E-state index contributed by atoms with van der Waals surface area (Å²) in [5.74, 6) is 0.0123. The van der Waals surface area contributed by atoms with Gasteiger partial charge in [-0.25, -0.2) is 0 Å². The van der Waals surface area contributed by atoms with Gasteiger partial charge in [-0.3, -0.25) is 29.9 Å². The molecule has 12 nitrogen and oxygen atoms in total. The fourth-order valence-corrected chi connectivity index (χ4v) is 5.14. The fraction of sp³-hybridized carbons (Fsp3) is 0.480. The average molecular weight is 568 g/mol. The number of nitrogens with one attached hydrogen (secondary N) is 1. The lowest BCUT2D eigenvalue weighted by Crippen LogP contribution is -2.42. The van der Waals surface area contributed by atoms with E-state index in [2.05, 4.69) is 5.32 Å². The molecule has 15 heteroatoms. The first-order chi connectivity index (χ1) is 18.9. The molecule has 40 heavy (non-hydrogen) atoms. The molecule has 2 atom stereocenters. The van der Waals surface area contributed by atoms with Crippen molar-refractivity contribution in [3.8, 4) is 5.75 Å². The molecule has 0 aliphatic carbocycles. The van der Waals surface area contributed by atoms with E-state index < -0.39 is 44.6 Å². The van der Waals surface area contributed by atoms with Gasteiger partial charge in [0.2, 0.25) is 5.91 Å².